The van der Waals surface area contributed by atoms with Gasteiger partial charge in [-0.05, 0) is 59.7 Å². The molecule has 188 valence electrons. The number of hydrogen-bond acceptors (Lipinski definition) is 3. The van der Waals surface area contributed by atoms with Gasteiger partial charge in [-0.3, -0.25) is 4.98 Å². The molecule has 8 rings (SSSR count). The van der Waals surface area contributed by atoms with Crippen molar-refractivity contribution in [1.82, 2.24) is 14.5 Å². The van der Waals surface area contributed by atoms with E-state index in [1.54, 1.807) is 11.3 Å². The van der Waals surface area contributed by atoms with Crippen LogP contribution in [0.15, 0.2) is 140 Å². The van der Waals surface area contributed by atoms with E-state index in [9.17, 15) is 0 Å². The molecule has 0 bridgehead atoms. The van der Waals surface area contributed by atoms with Crippen LogP contribution in [-0.2, 0) is 0 Å². The van der Waals surface area contributed by atoms with E-state index >= 15 is 0 Å². The predicted octanol–water partition coefficient (Wildman–Crippen LogP) is 9.79. The third kappa shape index (κ3) is 3.81. The normalized spacial score (nSPS) is 11.5. The zero-order chi connectivity index (χ0) is 26.5. The Kier molecular flexibility index (Phi) is 5.32. The number of para-hydroxylation sites is 2. The third-order valence-electron chi connectivity index (χ3n) is 7.48. The lowest BCUT2D eigenvalue weighted by Crippen LogP contribution is -1.95. The van der Waals surface area contributed by atoms with Crippen LogP contribution in [0.5, 0.6) is 0 Å². The summed E-state index contributed by atoms with van der Waals surface area (Å²) in [6.45, 7) is 0. The number of pyridine rings is 1. The molecule has 0 radical (unpaired) electrons. The summed E-state index contributed by atoms with van der Waals surface area (Å²) in [5.74, 6) is 0. The molecule has 0 saturated heterocycles. The number of hydrogen-bond donors (Lipinski definition) is 0. The minimum Gasteiger partial charge on any atom is -0.309 e. The number of aromatic nitrogens is 3. The van der Waals surface area contributed by atoms with Gasteiger partial charge in [-0.2, -0.15) is 0 Å². The molecule has 0 aliphatic carbocycles. The van der Waals surface area contributed by atoms with Crippen LogP contribution in [0.3, 0.4) is 0 Å². The molecule has 8 aromatic rings. The van der Waals surface area contributed by atoms with Gasteiger partial charge in [0.05, 0.1) is 26.9 Å². The molecule has 40 heavy (non-hydrogen) atoms. The average Bonchev–Trinajstić information content (AvgIpc) is 3.61. The highest BCUT2D eigenvalue weighted by molar-refractivity contribution is 7.21. The van der Waals surface area contributed by atoms with Gasteiger partial charge in [-0.15, -0.1) is 11.3 Å². The van der Waals surface area contributed by atoms with Gasteiger partial charge in [-0.25, -0.2) is 4.98 Å². The maximum Gasteiger partial charge on any atom is 0.124 e. The van der Waals surface area contributed by atoms with Crippen LogP contribution >= 0.6 is 11.3 Å². The molecular weight excluding hydrogens is 506 g/mol. The van der Waals surface area contributed by atoms with Gasteiger partial charge in [0.15, 0.2) is 0 Å². The SMILES string of the molecule is c1ccc(-c2ccnc(-c3cccc(-n4c5ccccc5c5ccc(-c6nc7ccccc7s6)cc54)c3)c2)cc1. The fraction of sp³-hybridized carbons (Fsp3) is 0. The van der Waals surface area contributed by atoms with Crippen LogP contribution in [-0.4, -0.2) is 14.5 Å². The zero-order valence-electron chi connectivity index (χ0n) is 21.5. The second kappa shape index (κ2) is 9.30. The van der Waals surface area contributed by atoms with E-state index in [1.165, 1.54) is 32.1 Å². The van der Waals surface area contributed by atoms with Gasteiger partial charge in [0.1, 0.15) is 5.01 Å². The van der Waals surface area contributed by atoms with E-state index in [0.717, 1.165) is 38.6 Å². The quantitative estimate of drug-likeness (QED) is 0.227. The summed E-state index contributed by atoms with van der Waals surface area (Å²) in [4.78, 5) is 9.67. The van der Waals surface area contributed by atoms with Crippen LogP contribution in [0.2, 0.25) is 0 Å². The first-order valence-electron chi connectivity index (χ1n) is 13.3. The molecule has 0 atom stereocenters. The first-order valence-corrected chi connectivity index (χ1v) is 14.1. The molecule has 0 aliphatic heterocycles. The van der Waals surface area contributed by atoms with Crippen molar-refractivity contribution in [1.29, 1.82) is 0 Å². The minimum atomic E-state index is 0.958. The summed E-state index contributed by atoms with van der Waals surface area (Å²) in [6.07, 6.45) is 1.90. The maximum absolute atomic E-state index is 4.93. The maximum atomic E-state index is 4.93. The summed E-state index contributed by atoms with van der Waals surface area (Å²) >= 11 is 1.74. The molecule has 0 amide bonds. The fourth-order valence-electron chi connectivity index (χ4n) is 5.58. The molecule has 3 heterocycles. The average molecular weight is 530 g/mol. The van der Waals surface area contributed by atoms with E-state index in [0.29, 0.717) is 0 Å². The van der Waals surface area contributed by atoms with Crippen molar-refractivity contribution in [3.05, 3.63) is 140 Å². The fourth-order valence-corrected chi connectivity index (χ4v) is 6.54. The van der Waals surface area contributed by atoms with E-state index in [1.807, 2.05) is 18.3 Å². The van der Waals surface area contributed by atoms with Crippen LogP contribution in [0, 0.1) is 0 Å². The second-order valence-corrected chi connectivity index (χ2v) is 10.9. The van der Waals surface area contributed by atoms with Crippen molar-refractivity contribution in [3.63, 3.8) is 0 Å². The molecule has 0 fully saturated rings. The van der Waals surface area contributed by atoms with Crippen molar-refractivity contribution in [2.75, 3.05) is 0 Å². The lowest BCUT2D eigenvalue weighted by atomic mass is 10.0. The van der Waals surface area contributed by atoms with Gasteiger partial charge < -0.3 is 4.57 Å². The van der Waals surface area contributed by atoms with E-state index in [-0.39, 0.29) is 0 Å². The number of nitrogens with zero attached hydrogens (tertiary/aromatic N) is 3. The lowest BCUT2D eigenvalue weighted by Gasteiger charge is -2.11. The largest absolute Gasteiger partial charge is 0.309 e. The Labute approximate surface area is 235 Å². The summed E-state index contributed by atoms with van der Waals surface area (Å²) in [6, 6.07) is 47.1. The highest BCUT2D eigenvalue weighted by atomic mass is 32.1. The molecule has 4 heteroatoms. The molecule has 0 unspecified atom stereocenters. The Hall–Kier alpha value is -5.06. The van der Waals surface area contributed by atoms with Gasteiger partial charge in [-0.1, -0.05) is 84.9 Å². The zero-order valence-corrected chi connectivity index (χ0v) is 22.3. The summed E-state index contributed by atoms with van der Waals surface area (Å²) in [7, 11) is 0. The smallest absolute Gasteiger partial charge is 0.124 e. The van der Waals surface area contributed by atoms with Gasteiger partial charge in [0, 0.05) is 33.8 Å². The van der Waals surface area contributed by atoms with Crippen LogP contribution in [0.1, 0.15) is 0 Å². The predicted molar refractivity (Wildman–Crippen MR) is 168 cm³/mol. The highest BCUT2D eigenvalue weighted by Crippen LogP contribution is 2.37. The van der Waals surface area contributed by atoms with Crippen LogP contribution in [0.25, 0.3) is 70.7 Å². The third-order valence-corrected chi connectivity index (χ3v) is 8.57. The Bertz CT molecular complexity index is 2140. The molecule has 3 nitrogen and oxygen atoms in total. The molecule has 5 aromatic carbocycles. The molecular formula is C36H23N3S. The molecule has 0 aliphatic rings. The Balaban J connectivity index is 1.30. The monoisotopic (exact) mass is 529 g/mol. The van der Waals surface area contributed by atoms with E-state index in [2.05, 4.69) is 126 Å². The number of rotatable bonds is 4. The standard InChI is InChI=1S/C36H23N3S/c1-2-9-24(10-3-1)25-19-20-37-32(22-25)26-11-8-12-28(21-26)39-33-15-6-4-13-29(33)30-18-17-27(23-34(30)39)36-38-31-14-5-7-16-35(31)40-36/h1-23H. The van der Waals surface area contributed by atoms with E-state index < -0.39 is 0 Å². The molecule has 3 aromatic heterocycles. The van der Waals surface area contributed by atoms with Crippen molar-refractivity contribution >= 4 is 43.4 Å². The van der Waals surface area contributed by atoms with Gasteiger partial charge in [0.2, 0.25) is 0 Å². The number of thiazole rings is 1. The summed E-state index contributed by atoms with van der Waals surface area (Å²) < 4.78 is 3.57. The number of fused-ring (bicyclic) bond motifs is 4. The summed E-state index contributed by atoms with van der Waals surface area (Å²) in [5.41, 5.74) is 10.0. The van der Waals surface area contributed by atoms with Crippen LogP contribution in [0.4, 0.5) is 0 Å². The Morgan fingerprint density at radius 1 is 0.525 bits per heavy atom. The van der Waals surface area contributed by atoms with Crippen molar-refractivity contribution in [2.45, 2.75) is 0 Å². The first-order chi connectivity index (χ1) is 19.8. The van der Waals surface area contributed by atoms with E-state index in [4.69, 9.17) is 9.97 Å². The molecule has 0 saturated carbocycles. The second-order valence-electron chi connectivity index (χ2n) is 9.92. The minimum absolute atomic E-state index is 0.958. The molecule has 0 spiro atoms. The Morgan fingerprint density at radius 2 is 1.32 bits per heavy atom. The van der Waals surface area contributed by atoms with Crippen LogP contribution < -0.4 is 0 Å². The van der Waals surface area contributed by atoms with Crippen molar-refractivity contribution in [3.8, 4) is 38.6 Å². The lowest BCUT2D eigenvalue weighted by molar-refractivity contribution is 1.18. The van der Waals surface area contributed by atoms with Gasteiger partial charge in [0.25, 0.3) is 0 Å². The molecule has 0 N–H and O–H groups in total. The first kappa shape index (κ1) is 22.9. The summed E-state index contributed by atoms with van der Waals surface area (Å²) in [5, 5.41) is 3.51. The Morgan fingerprint density at radius 3 is 2.25 bits per heavy atom. The van der Waals surface area contributed by atoms with Gasteiger partial charge >= 0.3 is 0 Å². The van der Waals surface area contributed by atoms with Crippen molar-refractivity contribution in [2.24, 2.45) is 0 Å². The number of benzene rings is 5. The highest BCUT2D eigenvalue weighted by Gasteiger charge is 2.15. The topological polar surface area (TPSA) is 30.7 Å². The van der Waals surface area contributed by atoms with Crippen molar-refractivity contribution < 1.29 is 0 Å².